The maximum absolute atomic E-state index is 12.6. The fourth-order valence-electron chi connectivity index (χ4n) is 3.43. The Morgan fingerprint density at radius 2 is 1.91 bits per heavy atom. The highest BCUT2D eigenvalue weighted by Gasteiger charge is 2.20. The number of hydrogen-bond donors (Lipinski definition) is 0. The Balaban J connectivity index is 1.64. The molecular weight excluding hydrogens is 286 g/mol. The first-order chi connectivity index (χ1) is 11.2. The van der Waals surface area contributed by atoms with Gasteiger partial charge in [0, 0.05) is 37.9 Å². The van der Waals surface area contributed by atoms with Gasteiger partial charge in [-0.25, -0.2) is 0 Å². The highest BCUT2D eigenvalue weighted by atomic mass is 16.2. The maximum Gasteiger partial charge on any atom is 0.254 e. The first-order valence-corrected chi connectivity index (χ1v) is 8.84. The number of aromatic nitrogens is 1. The third-order valence-electron chi connectivity index (χ3n) is 5.01. The van der Waals surface area contributed by atoms with Gasteiger partial charge in [0.1, 0.15) is 0 Å². The number of allylic oxidation sites excluding steroid dienone is 1. The van der Waals surface area contributed by atoms with Crippen molar-refractivity contribution in [1.82, 2.24) is 14.8 Å². The standard InChI is InChI=1S/C19H27N3O/c1-21-11-13-22(14-12-21)19(23)17-9-10-20-18(15-17)8-7-16-5-3-2-4-6-16/h7-10,15-16H,2-6,11-14H2,1H3/b8-7+. The molecule has 4 nitrogen and oxygen atoms in total. The quantitative estimate of drug-likeness (QED) is 0.860. The molecule has 1 aliphatic carbocycles. The summed E-state index contributed by atoms with van der Waals surface area (Å²) in [5.74, 6) is 0.815. The van der Waals surface area contributed by atoms with Gasteiger partial charge in [-0.3, -0.25) is 9.78 Å². The van der Waals surface area contributed by atoms with Crippen LogP contribution in [0.25, 0.3) is 6.08 Å². The van der Waals surface area contributed by atoms with Crippen molar-refractivity contribution in [3.8, 4) is 0 Å². The smallest absolute Gasteiger partial charge is 0.254 e. The summed E-state index contributed by atoms with van der Waals surface area (Å²) >= 11 is 0. The SMILES string of the molecule is CN1CCN(C(=O)c2ccnc(/C=C/C3CCCCC3)c2)CC1. The summed E-state index contributed by atoms with van der Waals surface area (Å²) < 4.78 is 0. The highest BCUT2D eigenvalue weighted by molar-refractivity contribution is 5.94. The largest absolute Gasteiger partial charge is 0.336 e. The average Bonchev–Trinajstić information content (AvgIpc) is 2.61. The van der Waals surface area contributed by atoms with Crippen LogP contribution in [-0.2, 0) is 0 Å². The summed E-state index contributed by atoms with van der Waals surface area (Å²) in [4.78, 5) is 21.2. The minimum atomic E-state index is 0.132. The number of carbonyl (C=O) groups excluding carboxylic acids is 1. The Morgan fingerprint density at radius 1 is 1.17 bits per heavy atom. The third kappa shape index (κ3) is 4.41. The lowest BCUT2D eigenvalue weighted by atomic mass is 9.89. The van der Waals surface area contributed by atoms with Gasteiger partial charge >= 0.3 is 0 Å². The van der Waals surface area contributed by atoms with Gasteiger partial charge in [0.05, 0.1) is 5.69 Å². The molecule has 0 atom stereocenters. The number of nitrogens with zero attached hydrogens (tertiary/aromatic N) is 3. The summed E-state index contributed by atoms with van der Waals surface area (Å²) in [6, 6.07) is 3.76. The van der Waals surface area contributed by atoms with E-state index in [1.54, 1.807) is 6.20 Å². The molecule has 1 saturated heterocycles. The molecule has 124 valence electrons. The van der Waals surface area contributed by atoms with Gasteiger partial charge in [0.2, 0.25) is 0 Å². The van der Waals surface area contributed by atoms with E-state index in [1.807, 2.05) is 17.0 Å². The van der Waals surface area contributed by atoms with Crippen LogP contribution >= 0.6 is 0 Å². The van der Waals surface area contributed by atoms with Crippen LogP contribution < -0.4 is 0 Å². The van der Waals surface area contributed by atoms with Crippen molar-refractivity contribution in [2.75, 3.05) is 33.2 Å². The van der Waals surface area contributed by atoms with E-state index in [4.69, 9.17) is 0 Å². The van der Waals surface area contributed by atoms with E-state index in [-0.39, 0.29) is 5.91 Å². The third-order valence-corrected chi connectivity index (χ3v) is 5.01. The van der Waals surface area contributed by atoms with Crippen molar-refractivity contribution >= 4 is 12.0 Å². The zero-order chi connectivity index (χ0) is 16.1. The minimum absolute atomic E-state index is 0.132. The van der Waals surface area contributed by atoms with Crippen LogP contribution in [0.2, 0.25) is 0 Å². The van der Waals surface area contributed by atoms with Crippen LogP contribution in [0.1, 0.15) is 48.2 Å². The first kappa shape index (κ1) is 16.2. The van der Waals surface area contributed by atoms with E-state index in [9.17, 15) is 4.79 Å². The number of piperazine rings is 1. The lowest BCUT2D eigenvalue weighted by molar-refractivity contribution is 0.0664. The monoisotopic (exact) mass is 313 g/mol. The number of pyridine rings is 1. The number of likely N-dealkylation sites (N-methyl/N-ethyl adjacent to an activating group) is 1. The molecule has 2 aliphatic rings. The topological polar surface area (TPSA) is 36.4 Å². The average molecular weight is 313 g/mol. The lowest BCUT2D eigenvalue weighted by Crippen LogP contribution is -2.47. The summed E-state index contributed by atoms with van der Waals surface area (Å²) in [7, 11) is 2.10. The number of amides is 1. The molecule has 4 heteroatoms. The molecule has 0 bridgehead atoms. The van der Waals surface area contributed by atoms with Gasteiger partial charge in [-0.2, -0.15) is 0 Å². The molecule has 0 spiro atoms. The molecule has 1 aromatic heterocycles. The molecule has 0 unspecified atom stereocenters. The van der Waals surface area contributed by atoms with Gasteiger partial charge in [-0.05, 0) is 44.0 Å². The Bertz CT molecular complexity index is 555. The molecule has 1 saturated carbocycles. The molecular formula is C19H27N3O. The zero-order valence-corrected chi connectivity index (χ0v) is 14.1. The van der Waals surface area contributed by atoms with E-state index < -0.39 is 0 Å². The predicted octanol–water partition coefficient (Wildman–Crippen LogP) is 3.06. The van der Waals surface area contributed by atoms with Crippen molar-refractivity contribution in [2.24, 2.45) is 5.92 Å². The lowest BCUT2D eigenvalue weighted by Gasteiger charge is -2.32. The number of hydrogen-bond acceptors (Lipinski definition) is 3. The summed E-state index contributed by atoms with van der Waals surface area (Å²) in [5, 5.41) is 0. The highest BCUT2D eigenvalue weighted by Crippen LogP contribution is 2.25. The van der Waals surface area contributed by atoms with Crippen molar-refractivity contribution in [3.63, 3.8) is 0 Å². The minimum Gasteiger partial charge on any atom is -0.336 e. The summed E-state index contributed by atoms with van der Waals surface area (Å²) in [5.41, 5.74) is 1.66. The summed E-state index contributed by atoms with van der Waals surface area (Å²) in [6.45, 7) is 3.52. The van der Waals surface area contributed by atoms with E-state index in [1.165, 1.54) is 32.1 Å². The number of carbonyl (C=O) groups is 1. The molecule has 1 amide bonds. The molecule has 1 aromatic rings. The normalized spacial score (nSPS) is 21.0. The fourth-order valence-corrected chi connectivity index (χ4v) is 3.43. The van der Waals surface area contributed by atoms with Gasteiger partial charge < -0.3 is 9.80 Å². The van der Waals surface area contributed by atoms with Gasteiger partial charge in [-0.1, -0.05) is 25.3 Å². The molecule has 1 aliphatic heterocycles. The first-order valence-electron chi connectivity index (χ1n) is 8.84. The van der Waals surface area contributed by atoms with Gasteiger partial charge in [-0.15, -0.1) is 0 Å². The predicted molar refractivity (Wildman–Crippen MR) is 93.2 cm³/mol. The second kappa shape index (κ2) is 7.73. The van der Waals surface area contributed by atoms with Crippen molar-refractivity contribution in [3.05, 3.63) is 35.7 Å². The summed E-state index contributed by atoms with van der Waals surface area (Å²) in [6.07, 6.45) is 12.8. The van der Waals surface area contributed by atoms with Crippen molar-refractivity contribution in [2.45, 2.75) is 32.1 Å². The van der Waals surface area contributed by atoms with Gasteiger partial charge in [0.15, 0.2) is 0 Å². The molecule has 0 radical (unpaired) electrons. The van der Waals surface area contributed by atoms with Crippen LogP contribution in [0.4, 0.5) is 0 Å². The second-order valence-corrected chi connectivity index (χ2v) is 6.82. The molecule has 0 aromatic carbocycles. The molecule has 2 fully saturated rings. The van der Waals surface area contributed by atoms with Crippen LogP contribution in [0.3, 0.4) is 0 Å². The Kier molecular flexibility index (Phi) is 5.44. The Morgan fingerprint density at radius 3 is 2.65 bits per heavy atom. The Hall–Kier alpha value is -1.68. The van der Waals surface area contributed by atoms with Crippen molar-refractivity contribution in [1.29, 1.82) is 0 Å². The van der Waals surface area contributed by atoms with E-state index in [2.05, 4.69) is 29.1 Å². The number of rotatable bonds is 3. The molecule has 3 rings (SSSR count). The molecule has 0 N–H and O–H groups in total. The van der Waals surface area contributed by atoms with E-state index in [0.29, 0.717) is 5.92 Å². The molecule has 2 heterocycles. The van der Waals surface area contributed by atoms with Crippen molar-refractivity contribution < 1.29 is 4.79 Å². The second-order valence-electron chi connectivity index (χ2n) is 6.82. The van der Waals surface area contributed by atoms with E-state index in [0.717, 1.165) is 37.4 Å². The van der Waals surface area contributed by atoms with Crippen LogP contribution in [0.15, 0.2) is 24.4 Å². The maximum atomic E-state index is 12.6. The molecule has 23 heavy (non-hydrogen) atoms. The fraction of sp³-hybridized carbons (Fsp3) is 0.579. The Labute approximate surface area is 139 Å². The van der Waals surface area contributed by atoms with Gasteiger partial charge in [0.25, 0.3) is 5.91 Å². The van der Waals surface area contributed by atoms with Crippen LogP contribution in [-0.4, -0.2) is 53.9 Å². The van der Waals surface area contributed by atoms with Crippen LogP contribution in [0.5, 0.6) is 0 Å². The van der Waals surface area contributed by atoms with E-state index >= 15 is 0 Å². The zero-order valence-electron chi connectivity index (χ0n) is 14.1. The van der Waals surface area contributed by atoms with Crippen LogP contribution in [0, 0.1) is 5.92 Å².